The predicted octanol–water partition coefficient (Wildman–Crippen LogP) is 4.69. The molecule has 0 aliphatic heterocycles. The summed E-state index contributed by atoms with van der Waals surface area (Å²) in [6.07, 6.45) is 0. The van der Waals surface area contributed by atoms with E-state index in [1.807, 2.05) is 0 Å². The Morgan fingerprint density at radius 1 is 1.00 bits per heavy atom. The highest BCUT2D eigenvalue weighted by molar-refractivity contribution is 6.42. The first-order chi connectivity index (χ1) is 12.0. The Kier molecular flexibility index (Phi) is 7.65. The Bertz CT molecular complexity index is 740. The second kappa shape index (κ2) is 9.73. The summed E-state index contributed by atoms with van der Waals surface area (Å²) in [6, 6.07) is 9.82. The summed E-state index contributed by atoms with van der Waals surface area (Å²) in [5, 5.41) is 3.85. The van der Waals surface area contributed by atoms with Crippen LogP contribution in [0.15, 0.2) is 36.4 Å². The fourth-order valence-electron chi connectivity index (χ4n) is 1.88. The minimum atomic E-state index is -0.370. The number of nitrogens with one attached hydrogen (secondary N) is 1. The molecule has 2 aromatic rings. The molecule has 8 heteroatoms. The molecule has 0 aliphatic rings. The second-order valence-electron chi connectivity index (χ2n) is 4.87. The number of hydrogen-bond acceptors (Lipinski definition) is 4. The number of methoxy groups -OCH3 is 1. The lowest BCUT2D eigenvalue weighted by Crippen LogP contribution is -2.21. The zero-order valence-corrected chi connectivity index (χ0v) is 15.6. The SMILES string of the molecule is COCCOc1c(Cl)cccc1NC(=O)COc1ccc(Cl)c(Cl)c1. The van der Waals surface area contributed by atoms with E-state index < -0.39 is 0 Å². The monoisotopic (exact) mass is 403 g/mol. The summed E-state index contributed by atoms with van der Waals surface area (Å²) in [5.41, 5.74) is 0.450. The van der Waals surface area contributed by atoms with E-state index in [1.54, 1.807) is 37.4 Å². The van der Waals surface area contributed by atoms with Gasteiger partial charge in [0.25, 0.3) is 5.91 Å². The molecule has 0 aliphatic carbocycles. The van der Waals surface area contributed by atoms with Crippen LogP contribution in [0.5, 0.6) is 11.5 Å². The first-order valence-electron chi connectivity index (χ1n) is 7.29. The van der Waals surface area contributed by atoms with Gasteiger partial charge in [-0.05, 0) is 24.3 Å². The molecule has 2 aromatic carbocycles. The summed E-state index contributed by atoms with van der Waals surface area (Å²) in [5.74, 6) is 0.446. The van der Waals surface area contributed by atoms with Crippen LogP contribution in [0.25, 0.3) is 0 Å². The number of anilines is 1. The van der Waals surface area contributed by atoms with Crippen molar-refractivity contribution in [3.63, 3.8) is 0 Å². The first-order valence-corrected chi connectivity index (χ1v) is 8.42. The molecule has 0 radical (unpaired) electrons. The van der Waals surface area contributed by atoms with Crippen LogP contribution in [-0.4, -0.2) is 32.8 Å². The van der Waals surface area contributed by atoms with Gasteiger partial charge in [0.05, 0.1) is 27.4 Å². The molecular formula is C17H16Cl3NO4. The molecule has 1 N–H and O–H groups in total. The normalized spacial score (nSPS) is 10.4. The molecule has 25 heavy (non-hydrogen) atoms. The number of amides is 1. The molecule has 0 spiro atoms. The molecule has 5 nitrogen and oxygen atoms in total. The van der Waals surface area contributed by atoms with Gasteiger partial charge in [-0.25, -0.2) is 0 Å². The quantitative estimate of drug-likeness (QED) is 0.649. The van der Waals surface area contributed by atoms with Gasteiger partial charge in [0.2, 0.25) is 0 Å². The van der Waals surface area contributed by atoms with Crippen LogP contribution in [0.1, 0.15) is 0 Å². The second-order valence-corrected chi connectivity index (χ2v) is 6.09. The smallest absolute Gasteiger partial charge is 0.262 e. The van der Waals surface area contributed by atoms with Gasteiger partial charge in [-0.2, -0.15) is 0 Å². The van der Waals surface area contributed by atoms with Crippen molar-refractivity contribution in [1.29, 1.82) is 0 Å². The van der Waals surface area contributed by atoms with Crippen molar-refractivity contribution in [3.8, 4) is 11.5 Å². The maximum Gasteiger partial charge on any atom is 0.262 e. The van der Waals surface area contributed by atoms with E-state index in [-0.39, 0.29) is 12.5 Å². The van der Waals surface area contributed by atoms with Crippen LogP contribution < -0.4 is 14.8 Å². The summed E-state index contributed by atoms with van der Waals surface area (Å²) in [4.78, 5) is 12.1. The van der Waals surface area contributed by atoms with Crippen molar-refractivity contribution in [2.24, 2.45) is 0 Å². The summed E-state index contributed by atoms with van der Waals surface area (Å²) in [6.45, 7) is 0.504. The first kappa shape index (κ1) is 19.7. The third kappa shape index (κ3) is 5.97. The van der Waals surface area contributed by atoms with Crippen LogP contribution in [0.4, 0.5) is 5.69 Å². The maximum absolute atomic E-state index is 12.1. The molecule has 0 fully saturated rings. The largest absolute Gasteiger partial charge is 0.487 e. The van der Waals surface area contributed by atoms with Crippen LogP contribution in [0.3, 0.4) is 0 Å². The van der Waals surface area contributed by atoms with E-state index >= 15 is 0 Å². The Morgan fingerprint density at radius 2 is 1.80 bits per heavy atom. The minimum absolute atomic E-state index is 0.206. The highest BCUT2D eigenvalue weighted by atomic mass is 35.5. The van der Waals surface area contributed by atoms with Gasteiger partial charge in [0.1, 0.15) is 12.4 Å². The van der Waals surface area contributed by atoms with Gasteiger partial charge in [-0.15, -0.1) is 0 Å². The lowest BCUT2D eigenvalue weighted by atomic mass is 10.3. The average molecular weight is 405 g/mol. The number of para-hydroxylation sites is 1. The minimum Gasteiger partial charge on any atom is -0.487 e. The molecule has 0 unspecified atom stereocenters. The standard InChI is InChI=1S/C17H16Cl3NO4/c1-23-7-8-24-17-13(19)3-2-4-15(17)21-16(22)10-25-11-5-6-12(18)14(20)9-11/h2-6,9H,7-8,10H2,1H3,(H,21,22). The molecule has 2 rings (SSSR count). The number of rotatable bonds is 8. The van der Waals surface area contributed by atoms with Crippen LogP contribution in [0, 0.1) is 0 Å². The number of hydrogen-bond donors (Lipinski definition) is 1. The molecule has 0 atom stereocenters. The number of halogens is 3. The maximum atomic E-state index is 12.1. The molecular weight excluding hydrogens is 389 g/mol. The molecule has 134 valence electrons. The fraction of sp³-hybridized carbons (Fsp3) is 0.235. The Labute approximate surface area is 160 Å². The summed E-state index contributed by atoms with van der Waals surface area (Å²) >= 11 is 17.9. The van der Waals surface area contributed by atoms with Gasteiger partial charge in [0, 0.05) is 13.2 Å². The summed E-state index contributed by atoms with van der Waals surface area (Å²) in [7, 11) is 1.57. The van der Waals surface area contributed by atoms with E-state index in [2.05, 4.69) is 5.32 Å². The van der Waals surface area contributed by atoms with E-state index in [0.717, 1.165) is 0 Å². The molecule has 0 heterocycles. The Hall–Kier alpha value is -1.66. The highest BCUT2D eigenvalue weighted by Gasteiger charge is 2.12. The van der Waals surface area contributed by atoms with Crippen molar-refractivity contribution in [2.75, 3.05) is 32.2 Å². The van der Waals surface area contributed by atoms with Gasteiger partial charge < -0.3 is 19.5 Å². The van der Waals surface area contributed by atoms with Crippen LogP contribution >= 0.6 is 34.8 Å². The highest BCUT2D eigenvalue weighted by Crippen LogP contribution is 2.33. The van der Waals surface area contributed by atoms with Crippen molar-refractivity contribution in [2.45, 2.75) is 0 Å². The zero-order valence-electron chi connectivity index (χ0n) is 13.4. The number of carbonyl (C=O) groups excluding carboxylic acids is 1. The van der Waals surface area contributed by atoms with E-state index in [4.69, 9.17) is 49.0 Å². The van der Waals surface area contributed by atoms with Crippen LogP contribution in [-0.2, 0) is 9.53 Å². The lowest BCUT2D eigenvalue weighted by molar-refractivity contribution is -0.118. The number of carbonyl (C=O) groups is 1. The van der Waals surface area contributed by atoms with Gasteiger partial charge in [-0.1, -0.05) is 40.9 Å². The molecule has 1 amide bonds. The van der Waals surface area contributed by atoms with Crippen LogP contribution in [0.2, 0.25) is 15.1 Å². The topological polar surface area (TPSA) is 56.8 Å². The Balaban J connectivity index is 1.97. The Morgan fingerprint density at radius 3 is 2.52 bits per heavy atom. The molecule has 0 saturated carbocycles. The third-order valence-corrected chi connectivity index (χ3v) is 4.07. The molecule has 0 saturated heterocycles. The van der Waals surface area contributed by atoms with Gasteiger partial charge in [0.15, 0.2) is 12.4 Å². The van der Waals surface area contributed by atoms with Crippen molar-refractivity contribution in [1.82, 2.24) is 0 Å². The number of benzene rings is 2. The number of ether oxygens (including phenoxy) is 3. The third-order valence-electron chi connectivity index (χ3n) is 3.04. The van der Waals surface area contributed by atoms with E-state index in [0.29, 0.717) is 45.5 Å². The van der Waals surface area contributed by atoms with E-state index in [1.165, 1.54) is 6.07 Å². The predicted molar refractivity (Wildman–Crippen MR) is 99.4 cm³/mol. The zero-order chi connectivity index (χ0) is 18.2. The molecule has 0 aromatic heterocycles. The van der Waals surface area contributed by atoms with Gasteiger partial charge >= 0.3 is 0 Å². The van der Waals surface area contributed by atoms with Crippen molar-refractivity contribution >= 4 is 46.4 Å². The summed E-state index contributed by atoms with van der Waals surface area (Å²) < 4.78 is 15.9. The average Bonchev–Trinajstić information content (AvgIpc) is 2.58. The van der Waals surface area contributed by atoms with E-state index in [9.17, 15) is 4.79 Å². The van der Waals surface area contributed by atoms with Gasteiger partial charge in [-0.3, -0.25) is 4.79 Å². The van der Waals surface area contributed by atoms with Crippen molar-refractivity contribution in [3.05, 3.63) is 51.5 Å². The lowest BCUT2D eigenvalue weighted by Gasteiger charge is -2.14. The van der Waals surface area contributed by atoms with Crippen molar-refractivity contribution < 1.29 is 19.0 Å². The fourth-order valence-corrected chi connectivity index (χ4v) is 2.40. The molecule has 0 bridgehead atoms.